The van der Waals surface area contributed by atoms with Crippen LogP contribution in [0.4, 0.5) is 10.5 Å². The van der Waals surface area contributed by atoms with Crippen molar-refractivity contribution in [1.29, 1.82) is 0 Å². The van der Waals surface area contributed by atoms with Crippen molar-refractivity contribution in [2.75, 3.05) is 12.0 Å². The third-order valence-electron chi connectivity index (χ3n) is 4.32. The summed E-state index contributed by atoms with van der Waals surface area (Å²) in [6.45, 7) is 1.37. The molecule has 0 aliphatic carbocycles. The van der Waals surface area contributed by atoms with Crippen molar-refractivity contribution in [2.45, 2.75) is 13.0 Å². The number of anilines is 1. The van der Waals surface area contributed by atoms with E-state index in [2.05, 4.69) is 21.2 Å². The Labute approximate surface area is 185 Å². The summed E-state index contributed by atoms with van der Waals surface area (Å²) in [5.74, 6) is -2.36. The van der Waals surface area contributed by atoms with E-state index >= 15 is 0 Å². The number of hydrogen-bond acceptors (Lipinski definition) is 6. The molecule has 160 valence electrons. The summed E-state index contributed by atoms with van der Waals surface area (Å²) in [6, 6.07) is 10.2. The van der Waals surface area contributed by atoms with Crippen LogP contribution >= 0.6 is 15.9 Å². The number of halogens is 1. The number of nitrogens with zero attached hydrogens (tertiary/aromatic N) is 1. The highest BCUT2D eigenvalue weighted by Crippen LogP contribution is 2.31. The number of carboxylic acid groups (broad SMARTS) is 1. The van der Waals surface area contributed by atoms with Crippen LogP contribution in [0.2, 0.25) is 0 Å². The lowest BCUT2D eigenvalue weighted by molar-refractivity contribution is -0.144. The third-order valence-corrected chi connectivity index (χ3v) is 4.81. The quantitative estimate of drug-likeness (QED) is 0.473. The van der Waals surface area contributed by atoms with E-state index in [0.717, 1.165) is 4.90 Å². The number of imide groups is 2. The van der Waals surface area contributed by atoms with Crippen LogP contribution in [-0.4, -0.2) is 42.1 Å². The summed E-state index contributed by atoms with van der Waals surface area (Å²) in [5, 5.41) is 11.2. The highest BCUT2D eigenvalue weighted by Gasteiger charge is 2.36. The molecule has 1 aliphatic rings. The van der Waals surface area contributed by atoms with Crippen LogP contribution in [0.3, 0.4) is 0 Å². The number of aliphatic carboxylic acids is 1. The molecule has 4 amide bonds. The van der Waals surface area contributed by atoms with Crippen molar-refractivity contribution in [1.82, 2.24) is 5.32 Å². The molecule has 10 heteroatoms. The number of ether oxygens (including phenoxy) is 2. The monoisotopic (exact) mass is 488 g/mol. The van der Waals surface area contributed by atoms with Gasteiger partial charge in [0.1, 0.15) is 5.57 Å². The van der Waals surface area contributed by atoms with Crippen molar-refractivity contribution in [2.24, 2.45) is 0 Å². The average Bonchev–Trinajstić information content (AvgIpc) is 2.71. The zero-order valence-corrected chi connectivity index (χ0v) is 18.0. The Hall–Kier alpha value is -3.66. The number of barbiturate groups is 1. The fourth-order valence-corrected chi connectivity index (χ4v) is 3.17. The number of benzene rings is 2. The van der Waals surface area contributed by atoms with E-state index in [0.29, 0.717) is 15.7 Å². The summed E-state index contributed by atoms with van der Waals surface area (Å²) in [5.41, 5.74) is 0.447. The summed E-state index contributed by atoms with van der Waals surface area (Å²) in [6.07, 6.45) is 0.204. The van der Waals surface area contributed by atoms with E-state index in [9.17, 15) is 19.2 Å². The van der Waals surface area contributed by atoms with E-state index in [4.69, 9.17) is 14.6 Å². The van der Waals surface area contributed by atoms with Crippen LogP contribution in [0.15, 0.2) is 52.5 Å². The number of amides is 4. The van der Waals surface area contributed by atoms with Crippen molar-refractivity contribution >= 4 is 51.5 Å². The predicted octanol–water partition coefficient (Wildman–Crippen LogP) is 2.98. The molecule has 0 spiro atoms. The van der Waals surface area contributed by atoms with Gasteiger partial charge < -0.3 is 14.6 Å². The van der Waals surface area contributed by atoms with Crippen LogP contribution < -0.4 is 19.7 Å². The lowest BCUT2D eigenvalue weighted by Gasteiger charge is -2.26. The van der Waals surface area contributed by atoms with E-state index in [1.54, 1.807) is 24.3 Å². The molecule has 1 saturated heterocycles. The highest BCUT2D eigenvalue weighted by atomic mass is 79.9. The van der Waals surface area contributed by atoms with Gasteiger partial charge in [-0.1, -0.05) is 28.1 Å². The van der Waals surface area contributed by atoms with Crippen LogP contribution in [0.1, 0.15) is 12.5 Å². The van der Waals surface area contributed by atoms with Gasteiger partial charge in [-0.15, -0.1) is 0 Å². The fourth-order valence-electron chi connectivity index (χ4n) is 2.79. The van der Waals surface area contributed by atoms with Gasteiger partial charge in [0, 0.05) is 4.47 Å². The molecule has 0 saturated carbocycles. The van der Waals surface area contributed by atoms with Gasteiger partial charge in [-0.25, -0.2) is 14.5 Å². The highest BCUT2D eigenvalue weighted by molar-refractivity contribution is 9.10. The zero-order chi connectivity index (χ0) is 22.7. The molecule has 0 bridgehead atoms. The lowest BCUT2D eigenvalue weighted by atomic mass is 10.1. The van der Waals surface area contributed by atoms with Gasteiger partial charge in [0.15, 0.2) is 17.6 Å². The molecule has 1 fully saturated rings. The molecular weight excluding hydrogens is 472 g/mol. The van der Waals surface area contributed by atoms with Gasteiger partial charge in [-0.05, 0) is 48.9 Å². The number of carbonyl (C=O) groups excluding carboxylic acids is 3. The first kappa shape index (κ1) is 22.0. The molecular formula is C21H17BrN2O7. The average molecular weight is 489 g/mol. The van der Waals surface area contributed by atoms with Crippen LogP contribution in [-0.2, 0) is 14.4 Å². The Morgan fingerprint density at radius 2 is 1.90 bits per heavy atom. The summed E-state index contributed by atoms with van der Waals surface area (Å²) < 4.78 is 11.2. The lowest BCUT2D eigenvalue weighted by Crippen LogP contribution is -2.54. The molecule has 2 N–H and O–H groups in total. The van der Waals surface area contributed by atoms with Crippen LogP contribution in [0.5, 0.6) is 11.5 Å². The number of methoxy groups -OCH3 is 1. The van der Waals surface area contributed by atoms with Gasteiger partial charge in [0.25, 0.3) is 11.8 Å². The smallest absolute Gasteiger partial charge is 0.344 e. The van der Waals surface area contributed by atoms with E-state index in [1.165, 1.54) is 38.3 Å². The van der Waals surface area contributed by atoms with E-state index < -0.39 is 29.9 Å². The second-order valence-corrected chi connectivity index (χ2v) is 7.36. The zero-order valence-electron chi connectivity index (χ0n) is 16.4. The molecule has 2 aromatic rings. The second kappa shape index (κ2) is 9.00. The summed E-state index contributed by atoms with van der Waals surface area (Å²) in [7, 11) is 1.37. The number of nitrogens with one attached hydrogen (secondary N) is 1. The molecule has 1 atom stereocenters. The van der Waals surface area contributed by atoms with Crippen molar-refractivity contribution in [3.8, 4) is 11.5 Å². The maximum Gasteiger partial charge on any atom is 0.344 e. The normalized spacial score (nSPS) is 16.2. The van der Waals surface area contributed by atoms with Gasteiger partial charge in [0.2, 0.25) is 0 Å². The Morgan fingerprint density at radius 3 is 2.55 bits per heavy atom. The minimum Gasteiger partial charge on any atom is -0.493 e. The first-order valence-electron chi connectivity index (χ1n) is 8.95. The minimum absolute atomic E-state index is 0.185. The molecule has 31 heavy (non-hydrogen) atoms. The summed E-state index contributed by atoms with van der Waals surface area (Å²) >= 11 is 3.28. The van der Waals surface area contributed by atoms with Crippen LogP contribution in [0, 0.1) is 0 Å². The second-order valence-electron chi connectivity index (χ2n) is 6.45. The maximum atomic E-state index is 12.9. The molecule has 1 heterocycles. The third kappa shape index (κ3) is 4.75. The number of carboxylic acids is 1. The topological polar surface area (TPSA) is 122 Å². The molecule has 0 radical (unpaired) electrons. The number of carbonyl (C=O) groups is 4. The molecule has 2 aromatic carbocycles. The molecule has 1 aliphatic heterocycles. The van der Waals surface area contributed by atoms with Crippen molar-refractivity contribution in [3.05, 3.63) is 58.1 Å². The van der Waals surface area contributed by atoms with Gasteiger partial charge >= 0.3 is 12.0 Å². The Bertz CT molecular complexity index is 1110. The molecule has 0 unspecified atom stereocenters. The first-order valence-corrected chi connectivity index (χ1v) is 9.75. The maximum absolute atomic E-state index is 12.9. The Kier molecular flexibility index (Phi) is 6.40. The SMILES string of the molecule is COc1cc(/C=C2\C(=O)NC(=O)N(c3cccc(Br)c3)C2=O)ccc1O[C@H](C)C(=O)O. The Balaban J connectivity index is 1.96. The standard InChI is InChI=1S/C21H17BrN2O7/c1-11(20(27)28)31-16-7-6-12(9-17(16)30-2)8-15-18(25)23-21(29)24(19(15)26)14-5-3-4-13(22)10-14/h3-11H,1-2H3,(H,27,28)(H,23,25,29)/b15-8+/t11-/m1/s1. The first-order chi connectivity index (χ1) is 14.7. The van der Waals surface area contributed by atoms with Crippen LogP contribution in [0.25, 0.3) is 6.08 Å². The Morgan fingerprint density at radius 1 is 1.16 bits per heavy atom. The van der Waals surface area contributed by atoms with Crippen molar-refractivity contribution < 1.29 is 33.8 Å². The fraction of sp³-hybridized carbons (Fsp3) is 0.143. The molecule has 3 rings (SSSR count). The molecule has 0 aromatic heterocycles. The van der Waals surface area contributed by atoms with Gasteiger partial charge in [0.05, 0.1) is 12.8 Å². The van der Waals surface area contributed by atoms with Crippen molar-refractivity contribution in [3.63, 3.8) is 0 Å². The number of urea groups is 1. The van der Waals surface area contributed by atoms with Gasteiger partial charge in [-0.3, -0.25) is 14.9 Å². The summed E-state index contributed by atoms with van der Waals surface area (Å²) in [4.78, 5) is 49.4. The van der Waals surface area contributed by atoms with Gasteiger partial charge in [-0.2, -0.15) is 0 Å². The number of rotatable bonds is 6. The predicted molar refractivity (Wildman–Crippen MR) is 114 cm³/mol. The largest absolute Gasteiger partial charge is 0.493 e. The van der Waals surface area contributed by atoms with E-state index in [-0.39, 0.29) is 17.1 Å². The number of hydrogen-bond donors (Lipinski definition) is 2. The van der Waals surface area contributed by atoms with E-state index in [1.807, 2.05) is 0 Å². The molecule has 9 nitrogen and oxygen atoms in total. The minimum atomic E-state index is -1.14.